The maximum Gasteiger partial charge on any atom is 0.325 e. The van der Waals surface area contributed by atoms with Crippen LogP contribution in [0.15, 0.2) is 0 Å². The number of aliphatic hydroxyl groups is 1. The van der Waals surface area contributed by atoms with Crippen LogP contribution in [0.4, 0.5) is 0 Å². The van der Waals surface area contributed by atoms with E-state index in [1.165, 1.54) is 11.9 Å². The Morgan fingerprint density at radius 2 is 1.74 bits per heavy atom. The van der Waals surface area contributed by atoms with Gasteiger partial charge in [0.05, 0.1) is 12.6 Å². The summed E-state index contributed by atoms with van der Waals surface area (Å²) in [5.41, 5.74) is 0. The molecule has 0 radical (unpaired) electrons. The summed E-state index contributed by atoms with van der Waals surface area (Å²) in [5.74, 6) is -0.899. The lowest BCUT2D eigenvalue weighted by Crippen LogP contribution is -2.43. The van der Waals surface area contributed by atoms with Crippen LogP contribution in [-0.4, -0.2) is 60.1 Å². The molecule has 1 fully saturated rings. The second kappa shape index (κ2) is 10.6. The van der Waals surface area contributed by atoms with Gasteiger partial charge in [-0.15, -0.1) is 0 Å². The van der Waals surface area contributed by atoms with Crippen molar-refractivity contribution in [2.45, 2.75) is 66.1 Å². The summed E-state index contributed by atoms with van der Waals surface area (Å²) in [6.45, 7) is 9.47. The second-order valence-corrected chi connectivity index (χ2v) is 8.50. The molecule has 0 unspecified atom stereocenters. The highest BCUT2D eigenvalue weighted by Crippen LogP contribution is 2.25. The summed E-state index contributed by atoms with van der Waals surface area (Å²) in [7, 11) is 1.51. The number of nitrogens with zero attached hydrogens (tertiary/aromatic N) is 1. The van der Waals surface area contributed by atoms with E-state index < -0.39 is 18.2 Å². The molecular formula is C20H36N2O5. The Morgan fingerprint density at radius 3 is 2.33 bits per heavy atom. The first-order chi connectivity index (χ1) is 12.5. The molecule has 1 saturated heterocycles. The van der Waals surface area contributed by atoms with Gasteiger partial charge in [-0.3, -0.25) is 14.4 Å². The van der Waals surface area contributed by atoms with Crippen LogP contribution in [0, 0.1) is 23.7 Å². The molecule has 7 nitrogen and oxygen atoms in total. The van der Waals surface area contributed by atoms with Crippen molar-refractivity contribution in [1.29, 1.82) is 0 Å². The van der Waals surface area contributed by atoms with E-state index in [1.54, 1.807) is 0 Å². The molecule has 2 N–H and O–H groups in total. The first-order valence-electron chi connectivity index (χ1n) is 9.90. The predicted octanol–water partition coefficient (Wildman–Crippen LogP) is 1.58. The number of carbonyl (C=O) groups excluding carboxylic acids is 3. The average molecular weight is 385 g/mol. The maximum absolute atomic E-state index is 12.2. The molecule has 0 bridgehead atoms. The second-order valence-electron chi connectivity index (χ2n) is 8.50. The first kappa shape index (κ1) is 23.4. The monoisotopic (exact) mass is 384 g/mol. The number of nitrogens with one attached hydrogen (secondary N) is 1. The minimum atomic E-state index is -0.593. The Morgan fingerprint density at radius 1 is 1.11 bits per heavy atom. The number of likely N-dealkylation sites (N-methyl/N-ethyl adjacent to an activating group) is 1. The maximum atomic E-state index is 12.2. The van der Waals surface area contributed by atoms with Crippen molar-refractivity contribution >= 4 is 17.8 Å². The largest absolute Gasteiger partial charge is 0.461 e. The highest BCUT2D eigenvalue weighted by molar-refractivity contribution is 5.87. The molecule has 5 atom stereocenters. The highest BCUT2D eigenvalue weighted by atomic mass is 16.5. The SMILES string of the molecule is CC(C)[C@@H]1C[C@H](O)[C@H](C)C[C@H](C)C[C@H](C)C(=O)NCC(=O)N(C)CC(=O)O1. The number of aliphatic hydroxyl groups excluding tert-OH is 1. The molecular weight excluding hydrogens is 348 g/mol. The summed E-state index contributed by atoms with van der Waals surface area (Å²) < 4.78 is 5.54. The quantitative estimate of drug-likeness (QED) is 0.669. The zero-order valence-electron chi connectivity index (χ0n) is 17.5. The zero-order valence-corrected chi connectivity index (χ0v) is 17.5. The lowest BCUT2D eigenvalue weighted by Gasteiger charge is -2.29. The molecule has 1 rings (SSSR count). The van der Waals surface area contributed by atoms with E-state index in [4.69, 9.17) is 4.74 Å². The van der Waals surface area contributed by atoms with E-state index in [1.807, 2.05) is 27.7 Å². The number of esters is 1. The van der Waals surface area contributed by atoms with Crippen molar-refractivity contribution in [3.8, 4) is 0 Å². The lowest BCUT2D eigenvalue weighted by molar-refractivity contribution is -0.156. The molecule has 1 aliphatic rings. The van der Waals surface area contributed by atoms with Gasteiger partial charge in [-0.1, -0.05) is 34.6 Å². The summed E-state index contributed by atoms with van der Waals surface area (Å²) in [6, 6.07) is 0. The van der Waals surface area contributed by atoms with E-state index >= 15 is 0 Å². The molecule has 27 heavy (non-hydrogen) atoms. The molecule has 2 amide bonds. The van der Waals surface area contributed by atoms with Gasteiger partial charge in [-0.2, -0.15) is 0 Å². The van der Waals surface area contributed by atoms with E-state index in [2.05, 4.69) is 12.2 Å². The Labute approximate surface area is 162 Å². The summed E-state index contributed by atoms with van der Waals surface area (Å²) in [4.78, 5) is 37.8. The van der Waals surface area contributed by atoms with Gasteiger partial charge in [-0.05, 0) is 30.6 Å². The smallest absolute Gasteiger partial charge is 0.325 e. The molecule has 0 aromatic carbocycles. The lowest BCUT2D eigenvalue weighted by atomic mass is 9.84. The van der Waals surface area contributed by atoms with Gasteiger partial charge in [0.25, 0.3) is 0 Å². The number of amides is 2. The van der Waals surface area contributed by atoms with Crippen LogP contribution in [0.1, 0.15) is 53.9 Å². The Hall–Kier alpha value is -1.63. The van der Waals surface area contributed by atoms with E-state index in [-0.39, 0.29) is 48.6 Å². The standard InChI is InChI=1S/C20H36N2O5/c1-12(2)17-9-16(23)14(4)7-13(3)8-15(5)20(26)21-10-18(24)22(6)11-19(25)27-17/h12-17,23H,7-11H2,1-6H3,(H,21,26)/t13-,14+,15-,16-,17-/m0/s1. The van der Waals surface area contributed by atoms with Crippen molar-refractivity contribution in [3.63, 3.8) is 0 Å². The predicted molar refractivity (Wildman–Crippen MR) is 103 cm³/mol. The van der Waals surface area contributed by atoms with Gasteiger partial charge < -0.3 is 20.1 Å². The average Bonchev–Trinajstić information content (AvgIpc) is 2.57. The number of carbonyl (C=O) groups is 3. The van der Waals surface area contributed by atoms with Crippen LogP contribution >= 0.6 is 0 Å². The minimum Gasteiger partial charge on any atom is -0.461 e. The van der Waals surface area contributed by atoms with Crippen LogP contribution in [0.2, 0.25) is 0 Å². The molecule has 0 spiro atoms. The molecule has 156 valence electrons. The van der Waals surface area contributed by atoms with Gasteiger partial charge in [0.2, 0.25) is 11.8 Å². The topological polar surface area (TPSA) is 95.9 Å². The van der Waals surface area contributed by atoms with Gasteiger partial charge in [0.1, 0.15) is 12.6 Å². The van der Waals surface area contributed by atoms with Crippen molar-refractivity contribution in [3.05, 3.63) is 0 Å². The number of hydrogen-bond acceptors (Lipinski definition) is 5. The zero-order chi connectivity index (χ0) is 20.7. The van der Waals surface area contributed by atoms with Crippen molar-refractivity contribution in [2.24, 2.45) is 23.7 Å². The summed E-state index contributed by atoms with van der Waals surface area (Å²) >= 11 is 0. The third-order valence-corrected chi connectivity index (χ3v) is 5.34. The van der Waals surface area contributed by atoms with Gasteiger partial charge in [-0.25, -0.2) is 0 Å². The fourth-order valence-corrected chi connectivity index (χ4v) is 3.49. The van der Waals surface area contributed by atoms with E-state index in [9.17, 15) is 19.5 Å². The fraction of sp³-hybridized carbons (Fsp3) is 0.850. The number of cyclic esters (lactones) is 1. The molecule has 7 heteroatoms. The van der Waals surface area contributed by atoms with Crippen LogP contribution in [0.5, 0.6) is 0 Å². The van der Waals surface area contributed by atoms with Crippen molar-refractivity contribution < 1.29 is 24.2 Å². The highest BCUT2D eigenvalue weighted by Gasteiger charge is 2.28. The molecule has 0 aromatic heterocycles. The third kappa shape index (κ3) is 7.87. The van der Waals surface area contributed by atoms with Gasteiger partial charge in [0, 0.05) is 19.4 Å². The summed E-state index contributed by atoms with van der Waals surface area (Å²) in [5, 5.41) is 13.2. The Balaban J connectivity index is 2.94. The molecule has 0 saturated carbocycles. The fourth-order valence-electron chi connectivity index (χ4n) is 3.49. The van der Waals surface area contributed by atoms with Crippen molar-refractivity contribution in [2.75, 3.05) is 20.1 Å². The first-order valence-corrected chi connectivity index (χ1v) is 9.90. The number of hydrogen-bond donors (Lipinski definition) is 2. The molecule has 0 aromatic rings. The number of ether oxygens (including phenoxy) is 1. The molecule has 1 aliphatic heterocycles. The van der Waals surface area contributed by atoms with Gasteiger partial charge >= 0.3 is 5.97 Å². The van der Waals surface area contributed by atoms with Crippen LogP contribution in [0.3, 0.4) is 0 Å². The minimum absolute atomic E-state index is 0.0346. The van der Waals surface area contributed by atoms with Crippen LogP contribution < -0.4 is 5.32 Å². The summed E-state index contributed by atoms with van der Waals surface area (Å²) in [6.07, 6.45) is 0.837. The van der Waals surface area contributed by atoms with Crippen LogP contribution in [0.25, 0.3) is 0 Å². The molecule has 1 heterocycles. The Bertz CT molecular complexity index is 523. The normalized spacial score (nSPS) is 33.0. The van der Waals surface area contributed by atoms with Crippen LogP contribution in [-0.2, 0) is 19.1 Å². The van der Waals surface area contributed by atoms with E-state index in [0.717, 1.165) is 6.42 Å². The van der Waals surface area contributed by atoms with Gasteiger partial charge in [0.15, 0.2) is 0 Å². The number of rotatable bonds is 1. The Kier molecular flexibility index (Phi) is 9.22. The third-order valence-electron chi connectivity index (χ3n) is 5.34. The van der Waals surface area contributed by atoms with E-state index in [0.29, 0.717) is 12.8 Å². The molecule has 0 aliphatic carbocycles. The van der Waals surface area contributed by atoms with Crippen molar-refractivity contribution in [1.82, 2.24) is 10.2 Å².